The zero-order chi connectivity index (χ0) is 15.8. The fraction of sp³-hybridized carbons (Fsp3) is 0.529. The van der Waals surface area contributed by atoms with Crippen LogP contribution in [0, 0.1) is 17.8 Å². The van der Waals surface area contributed by atoms with E-state index in [9.17, 15) is 4.79 Å². The van der Waals surface area contributed by atoms with Crippen molar-refractivity contribution in [3.05, 3.63) is 36.2 Å². The van der Waals surface area contributed by atoms with Crippen molar-refractivity contribution in [3.8, 4) is 5.69 Å². The van der Waals surface area contributed by atoms with Gasteiger partial charge in [0.15, 0.2) is 0 Å². The van der Waals surface area contributed by atoms with Gasteiger partial charge < -0.3 is 5.32 Å². The second-order valence-corrected chi connectivity index (χ2v) is 6.87. The Morgan fingerprint density at radius 1 is 1.30 bits per heavy atom. The predicted molar refractivity (Wildman–Crippen MR) is 85.0 cm³/mol. The number of aromatic nitrogens is 4. The van der Waals surface area contributed by atoms with Crippen LogP contribution in [0.2, 0.25) is 0 Å². The molecule has 0 saturated heterocycles. The van der Waals surface area contributed by atoms with Crippen LogP contribution in [-0.2, 0) is 0 Å². The fourth-order valence-electron chi connectivity index (χ4n) is 4.43. The molecule has 2 aromatic rings. The van der Waals surface area contributed by atoms with Gasteiger partial charge in [0.1, 0.15) is 6.33 Å². The van der Waals surface area contributed by atoms with Gasteiger partial charge in [-0.3, -0.25) is 4.79 Å². The van der Waals surface area contributed by atoms with Crippen molar-refractivity contribution < 1.29 is 4.79 Å². The van der Waals surface area contributed by atoms with Crippen LogP contribution in [0.15, 0.2) is 30.6 Å². The highest BCUT2D eigenvalue weighted by molar-refractivity contribution is 5.97. The lowest BCUT2D eigenvalue weighted by molar-refractivity contribution is 0.0915. The Labute approximate surface area is 135 Å². The maximum atomic E-state index is 12.7. The Hall–Kier alpha value is -2.24. The molecule has 1 heterocycles. The zero-order valence-electron chi connectivity index (χ0n) is 13.2. The minimum Gasteiger partial charge on any atom is -0.349 e. The summed E-state index contributed by atoms with van der Waals surface area (Å²) < 4.78 is 1.52. The minimum atomic E-state index is -0.0497. The molecule has 1 N–H and O–H groups in total. The first-order valence-electron chi connectivity index (χ1n) is 8.35. The number of fused-ring (bicyclic) bond motifs is 2. The Morgan fingerprint density at radius 2 is 2.17 bits per heavy atom. The third-order valence-electron chi connectivity index (χ3n) is 5.54. The van der Waals surface area contributed by atoms with Gasteiger partial charge in [0.25, 0.3) is 5.91 Å². The first-order chi connectivity index (χ1) is 11.2. The summed E-state index contributed by atoms with van der Waals surface area (Å²) in [5.74, 6) is 2.26. The molecule has 4 unspecified atom stereocenters. The van der Waals surface area contributed by atoms with E-state index in [1.54, 1.807) is 0 Å². The fourth-order valence-corrected chi connectivity index (χ4v) is 4.43. The highest BCUT2D eigenvalue weighted by Gasteiger charge is 2.42. The number of nitrogens with zero attached hydrogens (tertiary/aromatic N) is 4. The highest BCUT2D eigenvalue weighted by Crippen LogP contribution is 2.49. The summed E-state index contributed by atoms with van der Waals surface area (Å²) in [5.41, 5.74) is 1.31. The quantitative estimate of drug-likeness (QED) is 0.939. The van der Waals surface area contributed by atoms with E-state index in [4.69, 9.17) is 0 Å². The number of carbonyl (C=O) groups is 1. The van der Waals surface area contributed by atoms with Crippen LogP contribution in [0.25, 0.3) is 5.69 Å². The summed E-state index contributed by atoms with van der Waals surface area (Å²) in [6.07, 6.45) is 6.83. The van der Waals surface area contributed by atoms with Gasteiger partial charge in [0, 0.05) is 6.04 Å². The van der Waals surface area contributed by atoms with Gasteiger partial charge in [-0.2, -0.15) is 4.68 Å². The van der Waals surface area contributed by atoms with Crippen LogP contribution in [0.4, 0.5) is 0 Å². The third-order valence-corrected chi connectivity index (χ3v) is 5.54. The number of hydrogen-bond acceptors (Lipinski definition) is 4. The maximum Gasteiger partial charge on any atom is 0.253 e. The van der Waals surface area contributed by atoms with Gasteiger partial charge in [-0.15, -0.1) is 5.10 Å². The summed E-state index contributed by atoms with van der Waals surface area (Å²) in [7, 11) is 0. The van der Waals surface area contributed by atoms with E-state index in [1.807, 2.05) is 24.3 Å². The number of carbonyl (C=O) groups excluding carboxylic acids is 1. The Kier molecular flexibility index (Phi) is 3.59. The lowest BCUT2D eigenvalue weighted by Crippen LogP contribution is -2.40. The lowest BCUT2D eigenvalue weighted by atomic mass is 9.84. The van der Waals surface area contributed by atoms with Crippen molar-refractivity contribution in [2.24, 2.45) is 17.8 Å². The molecule has 6 heteroatoms. The topological polar surface area (TPSA) is 72.7 Å². The summed E-state index contributed by atoms with van der Waals surface area (Å²) >= 11 is 0. The highest BCUT2D eigenvalue weighted by atomic mass is 16.1. The van der Waals surface area contributed by atoms with Gasteiger partial charge in [-0.25, -0.2) is 0 Å². The second-order valence-electron chi connectivity index (χ2n) is 6.87. The average molecular weight is 311 g/mol. The average Bonchev–Trinajstić information content (AvgIpc) is 3.32. The van der Waals surface area contributed by atoms with Crippen molar-refractivity contribution in [1.82, 2.24) is 25.5 Å². The summed E-state index contributed by atoms with van der Waals surface area (Å²) in [5, 5.41) is 14.4. The molecule has 0 radical (unpaired) electrons. The van der Waals surface area contributed by atoms with E-state index in [1.165, 1.54) is 36.7 Å². The maximum absolute atomic E-state index is 12.7. The molecule has 2 saturated carbocycles. The molecule has 0 aliphatic heterocycles. The lowest BCUT2D eigenvalue weighted by Gasteiger charge is -2.28. The van der Waals surface area contributed by atoms with Crippen molar-refractivity contribution in [3.63, 3.8) is 0 Å². The normalized spacial score (nSPS) is 27.1. The summed E-state index contributed by atoms with van der Waals surface area (Å²) in [6, 6.07) is 7.63. The molecular weight excluding hydrogens is 290 g/mol. The molecule has 4 atom stereocenters. The minimum absolute atomic E-state index is 0.0497. The van der Waals surface area contributed by atoms with Gasteiger partial charge in [0.05, 0.1) is 11.3 Å². The standard InChI is InChI=1S/C17H21N5O/c1-11(15-9-12-6-7-13(15)8-12)19-17(23)14-4-2-3-5-16(14)22-10-18-20-21-22/h2-5,10-13,15H,6-9H2,1H3,(H,19,23). The number of hydrogen-bond donors (Lipinski definition) is 1. The molecular formula is C17H21N5O. The van der Waals surface area contributed by atoms with E-state index in [2.05, 4.69) is 27.8 Å². The third kappa shape index (κ3) is 2.62. The van der Waals surface area contributed by atoms with E-state index in [-0.39, 0.29) is 11.9 Å². The van der Waals surface area contributed by atoms with Gasteiger partial charge in [-0.05, 0) is 66.5 Å². The number of amides is 1. The molecule has 1 aromatic carbocycles. The van der Waals surface area contributed by atoms with Gasteiger partial charge >= 0.3 is 0 Å². The van der Waals surface area contributed by atoms with Crippen LogP contribution < -0.4 is 5.32 Å². The van der Waals surface area contributed by atoms with E-state index >= 15 is 0 Å². The molecule has 6 nitrogen and oxygen atoms in total. The van der Waals surface area contributed by atoms with Crippen molar-refractivity contribution >= 4 is 5.91 Å². The molecule has 2 aliphatic rings. The van der Waals surface area contributed by atoms with Crippen LogP contribution in [0.5, 0.6) is 0 Å². The largest absolute Gasteiger partial charge is 0.349 e. The first-order valence-corrected chi connectivity index (χ1v) is 8.35. The van der Waals surface area contributed by atoms with Crippen LogP contribution in [-0.4, -0.2) is 32.2 Å². The van der Waals surface area contributed by atoms with Crippen LogP contribution >= 0.6 is 0 Å². The van der Waals surface area contributed by atoms with Crippen LogP contribution in [0.3, 0.4) is 0 Å². The molecule has 1 amide bonds. The Bertz CT molecular complexity index is 699. The van der Waals surface area contributed by atoms with E-state index in [0.717, 1.165) is 11.8 Å². The summed E-state index contributed by atoms with van der Waals surface area (Å²) in [4.78, 5) is 12.7. The van der Waals surface area contributed by atoms with E-state index < -0.39 is 0 Å². The van der Waals surface area contributed by atoms with Crippen molar-refractivity contribution in [2.75, 3.05) is 0 Å². The molecule has 23 heavy (non-hydrogen) atoms. The molecule has 2 aliphatic carbocycles. The van der Waals surface area contributed by atoms with Gasteiger partial charge in [0.2, 0.25) is 0 Å². The molecule has 1 aromatic heterocycles. The first kappa shape index (κ1) is 14.4. The number of tetrazole rings is 1. The summed E-state index contributed by atoms with van der Waals surface area (Å²) in [6.45, 7) is 2.14. The Morgan fingerprint density at radius 3 is 2.87 bits per heavy atom. The number of para-hydroxylation sites is 1. The molecule has 0 spiro atoms. The van der Waals surface area contributed by atoms with Crippen molar-refractivity contribution in [2.45, 2.75) is 38.6 Å². The van der Waals surface area contributed by atoms with Gasteiger partial charge in [-0.1, -0.05) is 18.6 Å². The number of nitrogens with one attached hydrogen (secondary N) is 1. The predicted octanol–water partition coefficient (Wildman–Crippen LogP) is 2.22. The Balaban J connectivity index is 1.51. The second kappa shape index (κ2) is 5.76. The molecule has 4 rings (SSSR count). The molecule has 2 fully saturated rings. The molecule has 120 valence electrons. The SMILES string of the molecule is CC(NC(=O)c1ccccc1-n1cnnn1)C1CC2CCC1C2. The number of rotatable bonds is 4. The zero-order valence-corrected chi connectivity index (χ0v) is 13.2. The van der Waals surface area contributed by atoms with Crippen LogP contribution in [0.1, 0.15) is 43.0 Å². The smallest absolute Gasteiger partial charge is 0.253 e. The van der Waals surface area contributed by atoms with E-state index in [0.29, 0.717) is 17.2 Å². The number of benzene rings is 1. The van der Waals surface area contributed by atoms with Crippen molar-refractivity contribution in [1.29, 1.82) is 0 Å². The monoisotopic (exact) mass is 311 g/mol. The molecule has 2 bridgehead atoms.